The average Bonchev–Trinajstić information content (AvgIpc) is 3.15. The average molecular weight is 856 g/mol. The minimum atomic E-state index is -5.21. The van der Waals surface area contributed by atoms with Gasteiger partial charge in [-0.2, -0.15) is 0 Å². The maximum absolute atomic E-state index is 11.7. The maximum atomic E-state index is 11.7. The highest BCUT2D eigenvalue weighted by molar-refractivity contribution is 7.69. The van der Waals surface area contributed by atoms with E-state index in [1.54, 1.807) is 21.1 Å². The van der Waals surface area contributed by atoms with Gasteiger partial charge in [0.05, 0.1) is 32.3 Å². The van der Waals surface area contributed by atoms with Gasteiger partial charge >= 0.3 is 7.60 Å². The number of nitrogens with zero attached hydrogens (tertiary/aromatic N) is 2. The highest BCUT2D eigenvalue weighted by Gasteiger charge is 2.53. The number of amides is 3. The molecule has 1 aromatic rings. The summed E-state index contributed by atoms with van der Waals surface area (Å²) in [5.74, 6) is -0.870. The molecule has 336 valence electrons. The van der Waals surface area contributed by atoms with E-state index in [9.17, 15) is 24.1 Å². The van der Waals surface area contributed by atoms with Crippen LogP contribution < -0.4 is 16.0 Å². The first-order chi connectivity index (χ1) is 26.8. The van der Waals surface area contributed by atoms with Gasteiger partial charge in [0.15, 0.2) is 0 Å². The topological polar surface area (TPSA) is 249 Å². The van der Waals surface area contributed by atoms with E-state index < -0.39 is 33.4 Å². The summed E-state index contributed by atoms with van der Waals surface area (Å²) in [5.41, 5.74) is 1.61. The van der Waals surface area contributed by atoms with Crippen LogP contribution in [0.3, 0.4) is 0 Å². The van der Waals surface area contributed by atoms with Crippen LogP contribution in [0.15, 0.2) is 40.3 Å². The van der Waals surface area contributed by atoms with Crippen molar-refractivity contribution in [1.29, 1.82) is 0 Å². The SMILES string of the molecule is CC.CC(C)CC(C)NC(=O)CNC(=O)C1=NCCN=C1.CCC.CCCNC(=O)CC(O)(P(O)O)P(=O)(O)O.CCCOC.CCCOC.Cc1ccccc1. The fourth-order valence-electron chi connectivity index (χ4n) is 3.67. The molecule has 0 spiro atoms. The van der Waals surface area contributed by atoms with Crippen molar-refractivity contribution < 1.29 is 53.1 Å². The van der Waals surface area contributed by atoms with Crippen LogP contribution in [0.5, 0.6) is 0 Å². The van der Waals surface area contributed by atoms with Crippen molar-refractivity contribution in [2.45, 2.75) is 126 Å². The third-order valence-electron chi connectivity index (χ3n) is 6.11. The first-order valence-electron chi connectivity index (χ1n) is 19.6. The van der Waals surface area contributed by atoms with Crippen molar-refractivity contribution >= 4 is 45.6 Å². The van der Waals surface area contributed by atoms with Crippen LogP contribution in [0.4, 0.5) is 0 Å². The minimum Gasteiger partial charge on any atom is -0.385 e. The fraction of sp³-hybridized carbons (Fsp3) is 0.718. The Labute approximate surface area is 345 Å². The summed E-state index contributed by atoms with van der Waals surface area (Å²) in [6.45, 7) is 25.6. The Bertz CT molecular complexity index is 1190. The minimum absolute atomic E-state index is 0.0336. The maximum Gasteiger partial charge on any atom is 0.366 e. The first-order valence-corrected chi connectivity index (χ1v) is 22.5. The van der Waals surface area contributed by atoms with E-state index >= 15 is 0 Å². The molecule has 57 heavy (non-hydrogen) atoms. The molecule has 0 bridgehead atoms. The van der Waals surface area contributed by atoms with Crippen LogP contribution in [0.25, 0.3) is 0 Å². The number of rotatable bonds is 16. The Kier molecular flexibility index (Phi) is 47.9. The van der Waals surface area contributed by atoms with E-state index in [0.29, 0.717) is 25.4 Å². The lowest BCUT2D eigenvalue weighted by atomic mass is 10.1. The standard InChI is InChI=1S/C13H22N4O2.C7H8.C6H15NO7P2.2C4H10O.C3H8.C2H6/c1-9(2)6-10(3)17-12(18)8-16-13(19)11-7-14-4-5-15-11;1-7-5-3-2-4-6-7;1-2-3-7-5(8)4-6(9,15(10)11)16(12,13)14;2*1-3-4-5-2;1-3-2;1-2/h7,9-10H,4-6,8H2,1-3H3,(H,16,19)(H,17,18);2-6H,1H3;9-11H,2-4H2,1H3,(H,7,8)(H2,12,13,14);2*3-4H2,1-2H3;3H2,1-2H3;1-2H3. The Morgan fingerprint density at radius 3 is 1.70 bits per heavy atom. The summed E-state index contributed by atoms with van der Waals surface area (Å²) < 4.78 is 20.2. The number of ether oxygens (including phenoxy) is 2. The second-order valence-electron chi connectivity index (χ2n) is 12.6. The third kappa shape index (κ3) is 41.3. The summed E-state index contributed by atoms with van der Waals surface area (Å²) in [6.07, 6.45) is 5.40. The van der Waals surface area contributed by atoms with Crippen LogP contribution in [0.2, 0.25) is 0 Å². The zero-order valence-corrected chi connectivity index (χ0v) is 38.9. The monoisotopic (exact) mass is 856 g/mol. The molecule has 16 nitrogen and oxygen atoms in total. The zero-order valence-electron chi connectivity index (χ0n) is 37.1. The first kappa shape index (κ1) is 63.5. The number of carbonyl (C=O) groups excluding carboxylic acids is 3. The van der Waals surface area contributed by atoms with E-state index in [1.165, 1.54) is 18.2 Å². The lowest BCUT2D eigenvalue weighted by Gasteiger charge is -2.28. The quantitative estimate of drug-likeness (QED) is 0.0934. The van der Waals surface area contributed by atoms with Gasteiger partial charge in [-0.05, 0) is 45.4 Å². The molecule has 0 aromatic heterocycles. The molecule has 2 atom stereocenters. The number of aryl methyl sites for hydroxylation is 1. The molecule has 2 rings (SSSR count). The predicted molar refractivity (Wildman–Crippen MR) is 235 cm³/mol. The molecule has 1 aliphatic heterocycles. The van der Waals surface area contributed by atoms with Gasteiger partial charge in [-0.1, -0.05) is 105 Å². The molecule has 1 aromatic carbocycles. The van der Waals surface area contributed by atoms with Crippen molar-refractivity contribution in [3.05, 3.63) is 35.9 Å². The second kappa shape index (κ2) is 42.9. The predicted octanol–water partition coefficient (Wildman–Crippen LogP) is 5.72. The molecule has 2 unspecified atom stereocenters. The molecule has 0 saturated carbocycles. The van der Waals surface area contributed by atoms with E-state index in [0.717, 1.165) is 32.5 Å². The van der Waals surface area contributed by atoms with E-state index in [-0.39, 0.29) is 36.7 Å². The van der Waals surface area contributed by atoms with Gasteiger partial charge in [-0.3, -0.25) is 28.9 Å². The van der Waals surface area contributed by atoms with Gasteiger partial charge < -0.3 is 50.1 Å². The van der Waals surface area contributed by atoms with Gasteiger partial charge in [0, 0.05) is 40.0 Å². The second-order valence-corrected chi connectivity index (χ2v) is 16.1. The van der Waals surface area contributed by atoms with Crippen molar-refractivity contribution in [2.24, 2.45) is 15.9 Å². The number of carbonyl (C=O) groups is 3. The lowest BCUT2D eigenvalue weighted by Crippen LogP contribution is -2.43. The van der Waals surface area contributed by atoms with Crippen LogP contribution >= 0.6 is 16.0 Å². The van der Waals surface area contributed by atoms with Gasteiger partial charge in [0.2, 0.25) is 25.3 Å². The molecular weight excluding hydrogens is 776 g/mol. The molecule has 0 saturated heterocycles. The molecule has 1 aliphatic rings. The Hall–Kier alpha value is -2.65. The fourth-order valence-corrected chi connectivity index (χ4v) is 5.24. The number of nitrogens with one attached hydrogen (secondary N) is 3. The molecule has 1 heterocycles. The molecule has 0 fully saturated rings. The summed E-state index contributed by atoms with van der Waals surface area (Å²) in [4.78, 5) is 77.5. The Balaban J connectivity index is -0.000000211. The largest absolute Gasteiger partial charge is 0.385 e. The Morgan fingerprint density at radius 2 is 1.39 bits per heavy atom. The smallest absolute Gasteiger partial charge is 0.366 e. The number of benzene rings is 1. The van der Waals surface area contributed by atoms with Gasteiger partial charge in [-0.25, -0.2) is 0 Å². The number of hydrogen-bond acceptors (Lipinski definition) is 11. The third-order valence-corrected chi connectivity index (χ3v) is 9.32. The highest BCUT2D eigenvalue weighted by atomic mass is 31.2. The highest BCUT2D eigenvalue weighted by Crippen LogP contribution is 2.64. The van der Waals surface area contributed by atoms with Crippen molar-refractivity contribution in [3.8, 4) is 0 Å². The normalized spacial score (nSPS) is 12.7. The van der Waals surface area contributed by atoms with Crippen LogP contribution in [-0.2, 0) is 28.4 Å². The number of methoxy groups -OCH3 is 2. The zero-order chi connectivity index (χ0) is 45.3. The number of aliphatic imine (C=N–C) groups is 2. The van der Waals surface area contributed by atoms with E-state index in [4.69, 9.17) is 29.0 Å². The molecule has 3 amide bonds. The molecule has 0 radical (unpaired) electrons. The number of hydrogen-bond donors (Lipinski definition) is 8. The van der Waals surface area contributed by atoms with E-state index in [2.05, 4.69) is 86.5 Å². The molecular formula is C39H79N5O11P2. The summed E-state index contributed by atoms with van der Waals surface area (Å²) >= 11 is 0. The Morgan fingerprint density at radius 1 is 0.877 bits per heavy atom. The lowest BCUT2D eigenvalue weighted by molar-refractivity contribution is -0.123. The van der Waals surface area contributed by atoms with Gasteiger partial charge in [0.1, 0.15) is 5.71 Å². The van der Waals surface area contributed by atoms with Gasteiger partial charge in [-0.15, -0.1) is 0 Å². The summed E-state index contributed by atoms with van der Waals surface area (Å²) in [7, 11) is -5.13. The molecule has 18 heteroatoms. The van der Waals surface area contributed by atoms with Crippen molar-refractivity contribution in [1.82, 2.24) is 16.0 Å². The van der Waals surface area contributed by atoms with Gasteiger partial charge in [0.25, 0.3) is 5.91 Å². The van der Waals surface area contributed by atoms with Crippen LogP contribution in [0, 0.1) is 12.8 Å². The summed E-state index contributed by atoms with van der Waals surface area (Å²) in [6, 6.07) is 10.4. The van der Waals surface area contributed by atoms with Crippen molar-refractivity contribution in [3.63, 3.8) is 0 Å². The number of aliphatic hydroxyl groups is 1. The van der Waals surface area contributed by atoms with E-state index in [1.807, 2.05) is 39.0 Å². The molecule has 8 N–H and O–H groups in total. The van der Waals surface area contributed by atoms with Crippen LogP contribution in [0.1, 0.15) is 113 Å². The molecule has 0 aliphatic carbocycles. The summed E-state index contributed by atoms with van der Waals surface area (Å²) in [5, 5.41) is 13.9. The van der Waals surface area contributed by atoms with Crippen LogP contribution in [-0.4, -0.2) is 119 Å². The van der Waals surface area contributed by atoms with Crippen molar-refractivity contribution in [2.75, 3.05) is 53.6 Å².